The monoisotopic (exact) mass is 392 g/mol. The molecule has 0 fully saturated rings. The van der Waals surface area contributed by atoms with E-state index >= 15 is 0 Å². The van der Waals surface area contributed by atoms with Crippen LogP contribution in [0.2, 0.25) is 0 Å². The number of aryl methyl sites for hydroxylation is 2. The fraction of sp³-hybridized carbons (Fsp3) is 0.227. The maximum atomic E-state index is 12.4. The molecule has 3 aromatic rings. The lowest BCUT2D eigenvalue weighted by molar-refractivity contribution is -0.113. The molecule has 2 aromatic carbocycles. The first-order chi connectivity index (χ1) is 13.5. The van der Waals surface area contributed by atoms with Gasteiger partial charge in [0.2, 0.25) is 5.91 Å². The van der Waals surface area contributed by atoms with E-state index in [4.69, 9.17) is 0 Å². The number of carbonyl (C=O) groups is 1. The molecule has 0 unspecified atom stereocenters. The standard InChI is InChI=1S/C22H24N4OS/c1-4-10-26-20(14-18-8-6-5-7-9-18)24-25-22(26)28-15-21(27)23-19-12-16(2)11-17(3)13-19/h4-9,11-13H,1,10,14-15H2,2-3H3,(H,23,27). The molecule has 1 amide bonds. The van der Waals surface area contributed by atoms with E-state index in [1.165, 1.54) is 17.3 Å². The number of carbonyl (C=O) groups excluding carboxylic acids is 1. The summed E-state index contributed by atoms with van der Waals surface area (Å²) < 4.78 is 2.01. The summed E-state index contributed by atoms with van der Waals surface area (Å²) >= 11 is 1.38. The summed E-state index contributed by atoms with van der Waals surface area (Å²) in [5, 5.41) is 12.3. The number of nitrogens with zero attached hydrogens (tertiary/aromatic N) is 3. The summed E-state index contributed by atoms with van der Waals surface area (Å²) in [7, 11) is 0. The molecule has 5 nitrogen and oxygen atoms in total. The lowest BCUT2D eigenvalue weighted by Crippen LogP contribution is -2.15. The maximum absolute atomic E-state index is 12.4. The molecular weight excluding hydrogens is 368 g/mol. The van der Waals surface area contributed by atoms with Gasteiger partial charge in [-0.05, 0) is 42.7 Å². The fourth-order valence-electron chi connectivity index (χ4n) is 3.02. The van der Waals surface area contributed by atoms with Crippen molar-refractivity contribution in [1.29, 1.82) is 0 Å². The van der Waals surface area contributed by atoms with Crippen LogP contribution in [0.4, 0.5) is 5.69 Å². The molecule has 0 bridgehead atoms. The highest BCUT2D eigenvalue weighted by molar-refractivity contribution is 7.99. The van der Waals surface area contributed by atoms with Gasteiger partial charge in [0, 0.05) is 18.7 Å². The van der Waals surface area contributed by atoms with Crippen LogP contribution in [0.15, 0.2) is 66.3 Å². The largest absolute Gasteiger partial charge is 0.325 e. The average Bonchev–Trinajstić information content (AvgIpc) is 3.02. The first-order valence-electron chi connectivity index (χ1n) is 9.13. The van der Waals surface area contributed by atoms with Gasteiger partial charge >= 0.3 is 0 Å². The minimum absolute atomic E-state index is 0.0623. The molecule has 28 heavy (non-hydrogen) atoms. The van der Waals surface area contributed by atoms with Crippen molar-refractivity contribution in [3.05, 3.63) is 83.7 Å². The molecule has 144 valence electrons. The van der Waals surface area contributed by atoms with Gasteiger partial charge in [-0.25, -0.2) is 0 Å². The Hall–Kier alpha value is -2.86. The predicted molar refractivity (Wildman–Crippen MR) is 115 cm³/mol. The number of hydrogen-bond acceptors (Lipinski definition) is 4. The number of amides is 1. The highest BCUT2D eigenvalue weighted by atomic mass is 32.2. The van der Waals surface area contributed by atoms with Crippen LogP contribution in [0.25, 0.3) is 0 Å². The Labute approximate surface area is 169 Å². The number of rotatable bonds is 8. The molecular formula is C22H24N4OS. The molecule has 0 atom stereocenters. The lowest BCUT2D eigenvalue weighted by atomic mass is 10.1. The Balaban J connectivity index is 1.66. The van der Waals surface area contributed by atoms with Crippen molar-refractivity contribution in [3.8, 4) is 0 Å². The molecule has 6 heteroatoms. The van der Waals surface area contributed by atoms with Gasteiger partial charge in [-0.2, -0.15) is 0 Å². The summed E-state index contributed by atoms with van der Waals surface area (Å²) in [5.74, 6) is 1.07. The van der Waals surface area contributed by atoms with Crippen LogP contribution in [-0.4, -0.2) is 26.4 Å². The number of nitrogens with one attached hydrogen (secondary N) is 1. The van der Waals surface area contributed by atoms with Gasteiger partial charge in [-0.15, -0.1) is 16.8 Å². The SMILES string of the molecule is C=CCn1c(Cc2ccccc2)nnc1SCC(=O)Nc1cc(C)cc(C)c1. The second kappa shape index (κ2) is 9.37. The molecule has 0 aliphatic carbocycles. The third kappa shape index (κ3) is 5.33. The van der Waals surface area contributed by atoms with E-state index in [2.05, 4.69) is 40.3 Å². The number of hydrogen-bond donors (Lipinski definition) is 1. The van der Waals surface area contributed by atoms with Crippen LogP contribution in [-0.2, 0) is 17.8 Å². The maximum Gasteiger partial charge on any atom is 0.234 e. The van der Waals surface area contributed by atoms with Crippen molar-refractivity contribution in [3.63, 3.8) is 0 Å². The summed E-state index contributed by atoms with van der Waals surface area (Å²) in [6, 6.07) is 16.2. The number of benzene rings is 2. The summed E-state index contributed by atoms with van der Waals surface area (Å²) in [6.07, 6.45) is 2.51. The smallest absolute Gasteiger partial charge is 0.234 e. The molecule has 1 aromatic heterocycles. The zero-order chi connectivity index (χ0) is 19.9. The van der Waals surface area contributed by atoms with Gasteiger partial charge in [0.05, 0.1) is 5.75 Å². The van der Waals surface area contributed by atoms with Crippen molar-refractivity contribution >= 4 is 23.4 Å². The Kier molecular flexibility index (Phi) is 6.66. The Bertz CT molecular complexity index is 946. The highest BCUT2D eigenvalue weighted by Crippen LogP contribution is 2.20. The van der Waals surface area contributed by atoms with Crippen molar-refractivity contribution < 1.29 is 4.79 Å². The normalized spacial score (nSPS) is 10.6. The first-order valence-corrected chi connectivity index (χ1v) is 10.1. The molecule has 0 aliphatic heterocycles. The number of aromatic nitrogens is 3. The highest BCUT2D eigenvalue weighted by Gasteiger charge is 2.14. The average molecular weight is 393 g/mol. The zero-order valence-corrected chi connectivity index (χ0v) is 17.0. The Morgan fingerprint density at radius 1 is 1.14 bits per heavy atom. The topological polar surface area (TPSA) is 59.8 Å². The second-order valence-corrected chi connectivity index (χ2v) is 7.62. The van der Waals surface area contributed by atoms with E-state index in [1.807, 2.05) is 54.8 Å². The lowest BCUT2D eigenvalue weighted by Gasteiger charge is -2.09. The molecule has 1 heterocycles. The Morgan fingerprint density at radius 3 is 2.54 bits per heavy atom. The molecule has 0 radical (unpaired) electrons. The van der Waals surface area contributed by atoms with E-state index in [1.54, 1.807) is 0 Å². The summed E-state index contributed by atoms with van der Waals surface area (Å²) in [4.78, 5) is 12.4. The van der Waals surface area contributed by atoms with Crippen molar-refractivity contribution in [1.82, 2.24) is 14.8 Å². The van der Waals surface area contributed by atoms with E-state index in [0.717, 1.165) is 27.8 Å². The van der Waals surface area contributed by atoms with E-state index in [0.29, 0.717) is 13.0 Å². The molecule has 0 spiro atoms. The predicted octanol–water partition coefficient (Wildman–Crippen LogP) is 4.40. The second-order valence-electron chi connectivity index (χ2n) is 6.67. The van der Waals surface area contributed by atoms with E-state index < -0.39 is 0 Å². The van der Waals surface area contributed by atoms with Gasteiger partial charge < -0.3 is 9.88 Å². The van der Waals surface area contributed by atoms with Crippen LogP contribution in [0.1, 0.15) is 22.5 Å². The number of allylic oxidation sites excluding steroid dienone is 1. The molecule has 1 N–H and O–H groups in total. The number of anilines is 1. The quantitative estimate of drug-likeness (QED) is 0.456. The Morgan fingerprint density at radius 2 is 1.86 bits per heavy atom. The summed E-state index contributed by atoms with van der Waals surface area (Å²) in [6.45, 7) is 8.47. The van der Waals surface area contributed by atoms with Gasteiger partial charge in [-0.1, -0.05) is 54.2 Å². The number of thioether (sulfide) groups is 1. The minimum atomic E-state index is -0.0623. The molecule has 3 rings (SSSR count). The van der Waals surface area contributed by atoms with Crippen LogP contribution in [0.3, 0.4) is 0 Å². The molecule has 0 aliphatic rings. The van der Waals surface area contributed by atoms with Crippen LogP contribution < -0.4 is 5.32 Å². The van der Waals surface area contributed by atoms with Crippen molar-refractivity contribution in [2.45, 2.75) is 32.0 Å². The van der Waals surface area contributed by atoms with E-state index in [-0.39, 0.29) is 11.7 Å². The van der Waals surface area contributed by atoms with Gasteiger partial charge in [0.15, 0.2) is 5.16 Å². The minimum Gasteiger partial charge on any atom is -0.325 e. The molecule has 0 saturated heterocycles. The molecule has 0 saturated carbocycles. The van der Waals surface area contributed by atoms with E-state index in [9.17, 15) is 4.79 Å². The zero-order valence-electron chi connectivity index (χ0n) is 16.2. The van der Waals surface area contributed by atoms with Crippen LogP contribution in [0, 0.1) is 13.8 Å². The first kappa shape index (κ1) is 19.9. The van der Waals surface area contributed by atoms with Gasteiger partial charge in [-0.3, -0.25) is 4.79 Å². The fourth-order valence-corrected chi connectivity index (χ4v) is 3.79. The third-order valence-corrected chi connectivity index (χ3v) is 5.11. The van der Waals surface area contributed by atoms with Crippen LogP contribution >= 0.6 is 11.8 Å². The van der Waals surface area contributed by atoms with Crippen LogP contribution in [0.5, 0.6) is 0 Å². The van der Waals surface area contributed by atoms with Crippen molar-refractivity contribution in [2.75, 3.05) is 11.1 Å². The van der Waals surface area contributed by atoms with Gasteiger partial charge in [0.25, 0.3) is 0 Å². The third-order valence-electron chi connectivity index (χ3n) is 4.15. The summed E-state index contributed by atoms with van der Waals surface area (Å²) in [5.41, 5.74) is 4.24. The van der Waals surface area contributed by atoms with Gasteiger partial charge in [0.1, 0.15) is 5.82 Å². The van der Waals surface area contributed by atoms with Crippen molar-refractivity contribution in [2.24, 2.45) is 0 Å².